The summed E-state index contributed by atoms with van der Waals surface area (Å²) in [5, 5.41) is 14.7. The van der Waals surface area contributed by atoms with Crippen LogP contribution in [0.1, 0.15) is 26.2 Å². The summed E-state index contributed by atoms with van der Waals surface area (Å²) in [7, 11) is 0. The zero-order valence-corrected chi connectivity index (χ0v) is 9.98. The van der Waals surface area contributed by atoms with Crippen LogP contribution in [0.4, 0.5) is 0 Å². The van der Waals surface area contributed by atoms with Crippen molar-refractivity contribution in [3.05, 3.63) is 0 Å². The van der Waals surface area contributed by atoms with Gasteiger partial charge in [-0.1, -0.05) is 12.1 Å². The molecule has 0 heterocycles. The second kappa shape index (κ2) is 7.46. The summed E-state index contributed by atoms with van der Waals surface area (Å²) in [5.74, 6) is 1.18. The number of amidine groups is 1. The molecule has 0 bridgehead atoms. The first-order valence-corrected chi connectivity index (χ1v) is 6.00. The Balaban J connectivity index is 1.83. The molecule has 1 aliphatic carbocycles. The first-order valence-electron chi connectivity index (χ1n) is 6.00. The molecule has 0 aliphatic heterocycles. The first kappa shape index (κ1) is 13.3. The van der Waals surface area contributed by atoms with E-state index in [4.69, 9.17) is 15.7 Å². The molecule has 1 aliphatic rings. The smallest absolute Gasteiger partial charge is 0.143 e. The van der Waals surface area contributed by atoms with Gasteiger partial charge in [0.15, 0.2) is 0 Å². The van der Waals surface area contributed by atoms with Gasteiger partial charge in [0.1, 0.15) is 5.84 Å². The Labute approximate surface area is 97.0 Å². The van der Waals surface area contributed by atoms with Crippen LogP contribution in [-0.2, 0) is 4.74 Å². The summed E-state index contributed by atoms with van der Waals surface area (Å²) in [6.07, 6.45) is 3.70. The van der Waals surface area contributed by atoms with Gasteiger partial charge in [-0.3, -0.25) is 0 Å². The summed E-state index contributed by atoms with van der Waals surface area (Å²) < 4.78 is 5.50. The van der Waals surface area contributed by atoms with Gasteiger partial charge < -0.3 is 21.0 Å². The van der Waals surface area contributed by atoms with E-state index in [9.17, 15) is 0 Å². The van der Waals surface area contributed by atoms with Gasteiger partial charge in [-0.2, -0.15) is 0 Å². The fourth-order valence-corrected chi connectivity index (χ4v) is 1.36. The van der Waals surface area contributed by atoms with Crippen molar-refractivity contribution >= 4 is 5.84 Å². The quantitative estimate of drug-likeness (QED) is 0.179. The largest absolute Gasteiger partial charge is 0.409 e. The first-order chi connectivity index (χ1) is 7.74. The van der Waals surface area contributed by atoms with Crippen LogP contribution in [0.2, 0.25) is 0 Å². The van der Waals surface area contributed by atoms with Crippen LogP contribution < -0.4 is 11.1 Å². The number of nitrogens with zero attached hydrogens (tertiary/aromatic N) is 1. The topological polar surface area (TPSA) is 79.9 Å². The van der Waals surface area contributed by atoms with Crippen molar-refractivity contribution in [1.82, 2.24) is 5.32 Å². The standard InChI is InChI=1S/C11H23N3O2/c1-9(11(12)14-15)7-13-5-2-6-16-8-10-3-4-10/h9-10,13,15H,2-8H2,1H3,(H2,12,14). The van der Waals surface area contributed by atoms with Crippen molar-refractivity contribution in [2.75, 3.05) is 26.3 Å². The highest BCUT2D eigenvalue weighted by atomic mass is 16.5. The molecule has 1 unspecified atom stereocenters. The number of rotatable bonds is 9. The van der Waals surface area contributed by atoms with E-state index in [-0.39, 0.29) is 11.8 Å². The highest BCUT2D eigenvalue weighted by molar-refractivity contribution is 5.82. The SMILES string of the molecule is CC(CNCCCOCC1CC1)C(N)=NO. The molecular formula is C11H23N3O2. The van der Waals surface area contributed by atoms with Crippen molar-refractivity contribution in [3.8, 4) is 0 Å². The van der Waals surface area contributed by atoms with Gasteiger partial charge >= 0.3 is 0 Å². The zero-order chi connectivity index (χ0) is 11.8. The van der Waals surface area contributed by atoms with E-state index in [1.165, 1.54) is 12.8 Å². The number of nitrogens with one attached hydrogen (secondary N) is 1. The molecule has 0 amide bonds. The van der Waals surface area contributed by atoms with Gasteiger partial charge in [0.25, 0.3) is 0 Å². The molecule has 94 valence electrons. The Morgan fingerprint density at radius 1 is 1.62 bits per heavy atom. The van der Waals surface area contributed by atoms with E-state index >= 15 is 0 Å². The fourth-order valence-electron chi connectivity index (χ4n) is 1.36. The molecule has 16 heavy (non-hydrogen) atoms. The van der Waals surface area contributed by atoms with E-state index in [0.717, 1.165) is 38.6 Å². The number of oxime groups is 1. The summed E-state index contributed by atoms with van der Waals surface area (Å²) in [6.45, 7) is 5.32. The molecule has 5 heteroatoms. The Bertz CT molecular complexity index is 217. The van der Waals surface area contributed by atoms with Crippen molar-refractivity contribution in [2.45, 2.75) is 26.2 Å². The Morgan fingerprint density at radius 3 is 3.00 bits per heavy atom. The number of nitrogens with two attached hydrogens (primary N) is 1. The lowest BCUT2D eigenvalue weighted by Crippen LogP contribution is -2.32. The van der Waals surface area contributed by atoms with E-state index in [2.05, 4.69) is 10.5 Å². The van der Waals surface area contributed by atoms with E-state index in [1.807, 2.05) is 6.92 Å². The van der Waals surface area contributed by atoms with Crippen LogP contribution in [0.25, 0.3) is 0 Å². The molecule has 0 aromatic heterocycles. The zero-order valence-electron chi connectivity index (χ0n) is 9.98. The van der Waals surface area contributed by atoms with E-state index in [1.54, 1.807) is 0 Å². The predicted octanol–water partition coefficient (Wildman–Crippen LogP) is 0.775. The lowest BCUT2D eigenvalue weighted by molar-refractivity contribution is 0.122. The second-order valence-electron chi connectivity index (χ2n) is 4.50. The summed E-state index contributed by atoms with van der Waals surface area (Å²) in [5.41, 5.74) is 5.45. The van der Waals surface area contributed by atoms with E-state index < -0.39 is 0 Å². The molecule has 0 saturated heterocycles. The minimum Gasteiger partial charge on any atom is -0.409 e. The van der Waals surface area contributed by atoms with Crippen LogP contribution >= 0.6 is 0 Å². The van der Waals surface area contributed by atoms with Crippen LogP contribution in [0.5, 0.6) is 0 Å². The Morgan fingerprint density at radius 2 is 2.38 bits per heavy atom. The van der Waals surface area contributed by atoms with Crippen molar-refractivity contribution < 1.29 is 9.94 Å². The third kappa shape index (κ3) is 5.92. The molecule has 0 aromatic carbocycles. The molecule has 1 atom stereocenters. The van der Waals surface area contributed by atoms with Crippen LogP contribution in [0.3, 0.4) is 0 Å². The number of ether oxygens (including phenoxy) is 1. The minimum absolute atomic E-state index is 0.0670. The second-order valence-corrected chi connectivity index (χ2v) is 4.50. The fraction of sp³-hybridized carbons (Fsp3) is 0.909. The maximum absolute atomic E-state index is 8.45. The van der Waals surface area contributed by atoms with Crippen LogP contribution in [-0.4, -0.2) is 37.3 Å². The minimum atomic E-state index is 0.0670. The molecule has 1 rings (SSSR count). The van der Waals surface area contributed by atoms with Gasteiger partial charge in [0, 0.05) is 25.7 Å². The average molecular weight is 229 g/mol. The van der Waals surface area contributed by atoms with Crippen molar-refractivity contribution in [2.24, 2.45) is 22.7 Å². The molecule has 0 spiro atoms. The lowest BCUT2D eigenvalue weighted by Gasteiger charge is -2.10. The lowest BCUT2D eigenvalue weighted by atomic mass is 10.1. The monoisotopic (exact) mass is 229 g/mol. The highest BCUT2D eigenvalue weighted by Gasteiger charge is 2.20. The molecular weight excluding hydrogens is 206 g/mol. The van der Waals surface area contributed by atoms with Crippen LogP contribution in [0.15, 0.2) is 5.16 Å². The van der Waals surface area contributed by atoms with Crippen molar-refractivity contribution in [1.29, 1.82) is 0 Å². The van der Waals surface area contributed by atoms with Crippen LogP contribution in [0, 0.1) is 11.8 Å². The maximum Gasteiger partial charge on any atom is 0.143 e. The summed E-state index contributed by atoms with van der Waals surface area (Å²) in [4.78, 5) is 0. The van der Waals surface area contributed by atoms with E-state index in [0.29, 0.717) is 0 Å². The molecule has 1 fully saturated rings. The van der Waals surface area contributed by atoms with Gasteiger partial charge in [-0.15, -0.1) is 0 Å². The maximum atomic E-state index is 8.45. The average Bonchev–Trinajstić information content (AvgIpc) is 3.10. The summed E-state index contributed by atoms with van der Waals surface area (Å²) >= 11 is 0. The third-order valence-electron chi connectivity index (χ3n) is 2.76. The predicted molar refractivity (Wildman–Crippen MR) is 63.6 cm³/mol. The summed E-state index contributed by atoms with van der Waals surface area (Å²) in [6, 6.07) is 0. The number of hydrogen-bond donors (Lipinski definition) is 3. The Kier molecular flexibility index (Phi) is 6.18. The molecule has 0 radical (unpaired) electrons. The number of hydrogen-bond acceptors (Lipinski definition) is 4. The third-order valence-corrected chi connectivity index (χ3v) is 2.76. The van der Waals surface area contributed by atoms with Crippen molar-refractivity contribution in [3.63, 3.8) is 0 Å². The van der Waals surface area contributed by atoms with Gasteiger partial charge in [0.2, 0.25) is 0 Å². The van der Waals surface area contributed by atoms with Gasteiger partial charge in [-0.25, -0.2) is 0 Å². The normalized spacial score (nSPS) is 18.7. The molecule has 5 nitrogen and oxygen atoms in total. The molecule has 0 aromatic rings. The Hall–Kier alpha value is -0.810. The molecule has 4 N–H and O–H groups in total. The van der Waals surface area contributed by atoms with Gasteiger partial charge in [-0.05, 0) is 31.7 Å². The molecule has 1 saturated carbocycles. The highest BCUT2D eigenvalue weighted by Crippen LogP contribution is 2.28. The van der Waals surface area contributed by atoms with Gasteiger partial charge in [0.05, 0.1) is 0 Å².